The first-order chi connectivity index (χ1) is 15.1. The van der Waals surface area contributed by atoms with E-state index in [9.17, 15) is 9.18 Å². The highest BCUT2D eigenvalue weighted by Gasteiger charge is 2.18. The summed E-state index contributed by atoms with van der Waals surface area (Å²) in [6.45, 7) is 5.58. The number of ether oxygens (including phenoxy) is 2. The first kappa shape index (κ1) is 22.4. The average Bonchev–Trinajstić information content (AvgIpc) is 2.78. The zero-order chi connectivity index (χ0) is 22.2. The van der Waals surface area contributed by atoms with Gasteiger partial charge >= 0.3 is 5.97 Å². The summed E-state index contributed by atoms with van der Waals surface area (Å²) in [5, 5.41) is 3.36. The number of carbonyl (C=O) groups is 1. The third-order valence-electron chi connectivity index (χ3n) is 4.98. The van der Waals surface area contributed by atoms with E-state index in [1.807, 2.05) is 43.3 Å². The van der Waals surface area contributed by atoms with Gasteiger partial charge in [-0.2, -0.15) is 0 Å². The highest BCUT2D eigenvalue weighted by atomic mass is 19.1. The molecule has 0 bridgehead atoms. The van der Waals surface area contributed by atoms with E-state index in [-0.39, 0.29) is 18.2 Å². The molecule has 162 valence electrons. The zero-order valence-corrected chi connectivity index (χ0v) is 18.1. The number of halogens is 1. The third kappa shape index (κ3) is 5.47. The summed E-state index contributed by atoms with van der Waals surface area (Å²) < 4.78 is 24.0. The van der Waals surface area contributed by atoms with Crippen molar-refractivity contribution in [3.8, 4) is 28.1 Å². The van der Waals surface area contributed by atoms with Gasteiger partial charge in [0.15, 0.2) is 0 Å². The molecule has 2 aromatic carbocycles. The molecule has 0 atom stereocenters. The topological polar surface area (TPSA) is 60.5 Å². The fourth-order valence-electron chi connectivity index (χ4n) is 3.50. The SMILES string of the molecule is CCNCc1c(CC(=O)OCC)ccc(OC)c1-c1ccc(-c2ccc(F)cn2)cc1. The lowest BCUT2D eigenvalue weighted by Crippen LogP contribution is -2.17. The maximum absolute atomic E-state index is 13.2. The Balaban J connectivity index is 2.04. The van der Waals surface area contributed by atoms with Crippen molar-refractivity contribution in [2.45, 2.75) is 26.8 Å². The first-order valence-corrected chi connectivity index (χ1v) is 10.3. The largest absolute Gasteiger partial charge is 0.496 e. The Morgan fingerprint density at radius 2 is 1.77 bits per heavy atom. The number of esters is 1. The summed E-state index contributed by atoms with van der Waals surface area (Å²) in [6, 6.07) is 14.7. The predicted molar refractivity (Wildman–Crippen MR) is 119 cm³/mol. The van der Waals surface area contributed by atoms with Gasteiger partial charge < -0.3 is 14.8 Å². The van der Waals surface area contributed by atoms with Crippen molar-refractivity contribution in [2.24, 2.45) is 0 Å². The fourth-order valence-corrected chi connectivity index (χ4v) is 3.50. The van der Waals surface area contributed by atoms with E-state index < -0.39 is 0 Å². The molecule has 1 N–H and O–H groups in total. The fraction of sp³-hybridized carbons (Fsp3) is 0.280. The van der Waals surface area contributed by atoms with Crippen molar-refractivity contribution in [3.63, 3.8) is 0 Å². The molecule has 31 heavy (non-hydrogen) atoms. The second-order valence-electron chi connectivity index (χ2n) is 6.98. The van der Waals surface area contributed by atoms with Crippen molar-refractivity contribution >= 4 is 5.97 Å². The Morgan fingerprint density at radius 1 is 1.03 bits per heavy atom. The van der Waals surface area contributed by atoms with Gasteiger partial charge in [0.2, 0.25) is 0 Å². The lowest BCUT2D eigenvalue weighted by molar-refractivity contribution is -0.142. The van der Waals surface area contributed by atoms with E-state index in [1.165, 1.54) is 12.3 Å². The minimum Gasteiger partial charge on any atom is -0.496 e. The van der Waals surface area contributed by atoms with Crippen molar-refractivity contribution in [2.75, 3.05) is 20.3 Å². The molecular formula is C25H27FN2O3. The van der Waals surface area contributed by atoms with Crippen LogP contribution in [-0.2, 0) is 22.5 Å². The molecule has 6 heteroatoms. The normalized spacial score (nSPS) is 10.7. The van der Waals surface area contributed by atoms with E-state index in [4.69, 9.17) is 9.47 Å². The maximum atomic E-state index is 13.2. The molecule has 0 saturated carbocycles. The molecular weight excluding hydrogens is 395 g/mol. The van der Waals surface area contributed by atoms with E-state index in [1.54, 1.807) is 20.1 Å². The molecule has 5 nitrogen and oxygen atoms in total. The summed E-state index contributed by atoms with van der Waals surface area (Å²) in [4.78, 5) is 16.3. The van der Waals surface area contributed by atoms with Gasteiger partial charge in [-0.25, -0.2) is 4.39 Å². The Bertz CT molecular complexity index is 1020. The molecule has 0 amide bonds. The van der Waals surface area contributed by atoms with Crippen molar-refractivity contribution in [1.82, 2.24) is 10.3 Å². The summed E-state index contributed by atoms with van der Waals surface area (Å²) in [5.74, 6) is 0.110. The molecule has 0 aliphatic rings. The van der Waals surface area contributed by atoms with Crippen LogP contribution in [0, 0.1) is 5.82 Å². The number of pyridine rings is 1. The van der Waals surface area contributed by atoms with Crippen LogP contribution >= 0.6 is 0 Å². The van der Waals surface area contributed by atoms with Gasteiger partial charge in [-0.1, -0.05) is 37.3 Å². The highest BCUT2D eigenvalue weighted by molar-refractivity contribution is 5.80. The minimum atomic E-state index is -0.364. The number of nitrogens with one attached hydrogen (secondary N) is 1. The molecule has 0 radical (unpaired) electrons. The number of methoxy groups -OCH3 is 1. The smallest absolute Gasteiger partial charge is 0.310 e. The van der Waals surface area contributed by atoms with Crippen LogP contribution in [0.3, 0.4) is 0 Å². The van der Waals surface area contributed by atoms with E-state index in [0.717, 1.165) is 40.1 Å². The molecule has 3 rings (SSSR count). The van der Waals surface area contributed by atoms with E-state index in [0.29, 0.717) is 18.8 Å². The quantitative estimate of drug-likeness (QED) is 0.503. The number of hydrogen-bond acceptors (Lipinski definition) is 5. The lowest BCUT2D eigenvalue weighted by Gasteiger charge is -2.19. The second kappa shape index (κ2) is 10.7. The molecule has 0 spiro atoms. The number of benzene rings is 2. The van der Waals surface area contributed by atoms with Gasteiger partial charge in [0.1, 0.15) is 11.6 Å². The summed E-state index contributed by atoms with van der Waals surface area (Å²) in [5.41, 5.74) is 5.38. The van der Waals surface area contributed by atoms with Crippen LogP contribution < -0.4 is 10.1 Å². The molecule has 1 aromatic heterocycles. The van der Waals surface area contributed by atoms with Crippen LogP contribution in [0.25, 0.3) is 22.4 Å². The van der Waals surface area contributed by atoms with Gasteiger partial charge in [-0.05, 0) is 48.4 Å². The maximum Gasteiger partial charge on any atom is 0.310 e. The van der Waals surface area contributed by atoms with Crippen LogP contribution in [0.5, 0.6) is 5.75 Å². The number of aromatic nitrogens is 1. The van der Waals surface area contributed by atoms with Gasteiger partial charge in [0.05, 0.1) is 32.0 Å². The van der Waals surface area contributed by atoms with Gasteiger partial charge in [-0.15, -0.1) is 0 Å². The van der Waals surface area contributed by atoms with Crippen LogP contribution in [-0.4, -0.2) is 31.2 Å². The van der Waals surface area contributed by atoms with Crippen LogP contribution in [0.2, 0.25) is 0 Å². The Morgan fingerprint density at radius 3 is 2.39 bits per heavy atom. The number of hydrogen-bond donors (Lipinski definition) is 1. The van der Waals surface area contributed by atoms with Crippen LogP contribution in [0.1, 0.15) is 25.0 Å². The van der Waals surface area contributed by atoms with Crippen molar-refractivity contribution < 1.29 is 18.7 Å². The second-order valence-corrected chi connectivity index (χ2v) is 6.98. The van der Waals surface area contributed by atoms with Crippen LogP contribution in [0.15, 0.2) is 54.7 Å². The molecule has 0 fully saturated rings. The molecule has 0 aliphatic heterocycles. The molecule has 1 heterocycles. The summed E-state index contributed by atoms with van der Waals surface area (Å²) >= 11 is 0. The Labute approximate surface area is 182 Å². The summed E-state index contributed by atoms with van der Waals surface area (Å²) in [6.07, 6.45) is 1.41. The lowest BCUT2D eigenvalue weighted by atomic mass is 9.92. The zero-order valence-electron chi connectivity index (χ0n) is 18.1. The third-order valence-corrected chi connectivity index (χ3v) is 4.98. The number of rotatable bonds is 9. The minimum absolute atomic E-state index is 0.198. The molecule has 0 unspecified atom stereocenters. The highest BCUT2D eigenvalue weighted by Crippen LogP contribution is 2.36. The van der Waals surface area contributed by atoms with E-state index in [2.05, 4.69) is 10.3 Å². The van der Waals surface area contributed by atoms with Gasteiger partial charge in [0.25, 0.3) is 0 Å². The number of nitrogens with zero attached hydrogens (tertiary/aromatic N) is 1. The number of carbonyl (C=O) groups excluding carboxylic acids is 1. The Kier molecular flexibility index (Phi) is 7.73. The van der Waals surface area contributed by atoms with Gasteiger partial charge in [-0.3, -0.25) is 9.78 Å². The van der Waals surface area contributed by atoms with Gasteiger partial charge in [0, 0.05) is 17.7 Å². The van der Waals surface area contributed by atoms with Crippen LogP contribution in [0.4, 0.5) is 4.39 Å². The Hall–Kier alpha value is -3.25. The van der Waals surface area contributed by atoms with Crippen molar-refractivity contribution in [3.05, 3.63) is 71.7 Å². The average molecular weight is 423 g/mol. The van der Waals surface area contributed by atoms with E-state index >= 15 is 0 Å². The summed E-state index contributed by atoms with van der Waals surface area (Å²) in [7, 11) is 1.64. The first-order valence-electron chi connectivity index (χ1n) is 10.3. The van der Waals surface area contributed by atoms with Crippen molar-refractivity contribution in [1.29, 1.82) is 0 Å². The molecule has 0 saturated heterocycles. The standard InChI is InChI=1S/C25H27FN2O3/c1-4-27-16-21-19(14-24(29)31-5-2)10-13-23(30-3)25(21)18-8-6-17(7-9-18)22-12-11-20(26)15-28-22/h6-13,15,27H,4-5,14,16H2,1-3H3. The predicted octanol–water partition coefficient (Wildman–Crippen LogP) is 4.78. The molecule has 0 aliphatic carbocycles. The monoisotopic (exact) mass is 422 g/mol. The molecule has 3 aromatic rings.